The van der Waals surface area contributed by atoms with Crippen LogP contribution in [0.2, 0.25) is 0 Å². The van der Waals surface area contributed by atoms with Crippen LogP contribution >= 0.6 is 11.3 Å². The molecule has 3 rings (SSSR count). The number of rotatable bonds is 3. The van der Waals surface area contributed by atoms with Gasteiger partial charge in [-0.05, 0) is 24.1 Å². The van der Waals surface area contributed by atoms with Crippen LogP contribution < -0.4 is 16.4 Å². The van der Waals surface area contributed by atoms with Crippen LogP contribution in [0.5, 0.6) is 0 Å². The number of aliphatic imine (C=N–C) groups is 1. The first-order valence-corrected chi connectivity index (χ1v) is 7.95. The number of benzene rings is 1. The molecule has 2 heterocycles. The van der Waals surface area contributed by atoms with E-state index in [2.05, 4.69) is 16.0 Å². The van der Waals surface area contributed by atoms with E-state index in [1.165, 1.54) is 16.9 Å². The Balaban J connectivity index is 1.90. The van der Waals surface area contributed by atoms with Gasteiger partial charge in [0.1, 0.15) is 0 Å². The van der Waals surface area contributed by atoms with Gasteiger partial charge in [0, 0.05) is 29.6 Å². The molecular formula is C15H17N5OS. The molecule has 1 aromatic carbocycles. The highest BCUT2D eigenvalue weighted by atomic mass is 32.1. The smallest absolute Gasteiger partial charge is 0.226 e. The summed E-state index contributed by atoms with van der Waals surface area (Å²) in [7, 11) is 0. The number of thiazole rings is 1. The Morgan fingerprint density at radius 3 is 3.00 bits per heavy atom. The van der Waals surface area contributed by atoms with Gasteiger partial charge in [-0.3, -0.25) is 4.79 Å². The third-order valence-electron chi connectivity index (χ3n) is 3.59. The molecule has 6 nitrogen and oxygen atoms in total. The average Bonchev–Trinajstić information content (AvgIpc) is 3.11. The van der Waals surface area contributed by atoms with Gasteiger partial charge in [-0.15, -0.1) is 11.3 Å². The first kappa shape index (κ1) is 14.5. The third kappa shape index (κ3) is 2.67. The molecular weight excluding hydrogens is 298 g/mol. The quantitative estimate of drug-likeness (QED) is 0.668. The van der Waals surface area contributed by atoms with Crippen LogP contribution in [-0.4, -0.2) is 23.4 Å². The largest absolute Gasteiger partial charge is 0.370 e. The van der Waals surface area contributed by atoms with Crippen LogP contribution in [0.25, 0.3) is 11.3 Å². The van der Waals surface area contributed by atoms with Crippen molar-refractivity contribution in [3.05, 3.63) is 29.1 Å². The number of anilines is 1. The van der Waals surface area contributed by atoms with Crippen LogP contribution in [0.4, 0.5) is 10.8 Å². The van der Waals surface area contributed by atoms with Crippen LogP contribution in [0.3, 0.4) is 0 Å². The summed E-state index contributed by atoms with van der Waals surface area (Å²) in [4.78, 5) is 22.1. The number of hydrogen-bond acceptors (Lipinski definition) is 4. The van der Waals surface area contributed by atoms with E-state index in [0.29, 0.717) is 11.6 Å². The highest BCUT2D eigenvalue weighted by Crippen LogP contribution is 2.34. The molecule has 0 saturated carbocycles. The van der Waals surface area contributed by atoms with Gasteiger partial charge in [0.25, 0.3) is 0 Å². The van der Waals surface area contributed by atoms with Crippen molar-refractivity contribution >= 4 is 34.0 Å². The molecule has 22 heavy (non-hydrogen) atoms. The van der Waals surface area contributed by atoms with Gasteiger partial charge in [0.05, 0.1) is 5.69 Å². The van der Waals surface area contributed by atoms with Crippen molar-refractivity contribution in [2.75, 3.05) is 11.4 Å². The molecule has 1 amide bonds. The molecule has 0 spiro atoms. The van der Waals surface area contributed by atoms with Crippen molar-refractivity contribution in [1.29, 1.82) is 0 Å². The molecule has 1 aliphatic rings. The SMILES string of the molecule is CCC(=O)N1CCc2cc(-c3csc(N=C(N)N)n3)ccc21. The fourth-order valence-electron chi connectivity index (χ4n) is 2.57. The van der Waals surface area contributed by atoms with Crippen molar-refractivity contribution < 1.29 is 4.79 Å². The van der Waals surface area contributed by atoms with Gasteiger partial charge in [0.15, 0.2) is 5.96 Å². The van der Waals surface area contributed by atoms with E-state index in [-0.39, 0.29) is 11.9 Å². The Labute approximate surface area is 132 Å². The normalized spacial score (nSPS) is 13.0. The standard InChI is InChI=1S/C15H17N5OS/c1-2-13(21)20-6-5-10-7-9(3-4-12(10)20)11-8-22-15(18-11)19-14(16)17/h3-4,7-8H,2,5-6H2,1H3,(H4,16,17,18,19). The van der Waals surface area contributed by atoms with Gasteiger partial charge in [-0.25, -0.2) is 4.98 Å². The van der Waals surface area contributed by atoms with Crippen LogP contribution in [-0.2, 0) is 11.2 Å². The molecule has 1 aromatic heterocycles. The summed E-state index contributed by atoms with van der Waals surface area (Å²) in [6, 6.07) is 6.06. The summed E-state index contributed by atoms with van der Waals surface area (Å²) in [5.41, 5.74) is 14.8. The van der Waals surface area contributed by atoms with Gasteiger partial charge in [0.2, 0.25) is 11.0 Å². The highest BCUT2D eigenvalue weighted by molar-refractivity contribution is 7.13. The fourth-order valence-corrected chi connectivity index (χ4v) is 3.28. The van der Waals surface area contributed by atoms with Crippen molar-refractivity contribution in [1.82, 2.24) is 4.98 Å². The van der Waals surface area contributed by atoms with Gasteiger partial charge >= 0.3 is 0 Å². The van der Waals surface area contributed by atoms with Gasteiger partial charge in [-0.2, -0.15) is 4.99 Å². The Kier molecular flexibility index (Phi) is 3.81. The predicted molar refractivity (Wildman–Crippen MR) is 89.4 cm³/mol. The number of nitrogens with two attached hydrogens (primary N) is 2. The zero-order valence-corrected chi connectivity index (χ0v) is 13.1. The molecule has 0 saturated heterocycles. The first-order chi connectivity index (χ1) is 10.6. The predicted octanol–water partition coefficient (Wildman–Crippen LogP) is 2.01. The minimum absolute atomic E-state index is 0.00331. The second-order valence-corrected chi connectivity index (χ2v) is 5.88. The Morgan fingerprint density at radius 2 is 2.27 bits per heavy atom. The molecule has 0 bridgehead atoms. The van der Waals surface area contributed by atoms with E-state index in [9.17, 15) is 4.79 Å². The monoisotopic (exact) mass is 315 g/mol. The number of carbonyl (C=O) groups is 1. The minimum atomic E-state index is 0.00331. The van der Waals surface area contributed by atoms with Gasteiger partial charge < -0.3 is 16.4 Å². The van der Waals surface area contributed by atoms with E-state index in [1.807, 2.05) is 29.3 Å². The lowest BCUT2D eigenvalue weighted by Crippen LogP contribution is -2.27. The summed E-state index contributed by atoms with van der Waals surface area (Å²) < 4.78 is 0. The molecule has 4 N–H and O–H groups in total. The van der Waals surface area contributed by atoms with E-state index in [0.717, 1.165) is 29.9 Å². The molecule has 0 fully saturated rings. The second kappa shape index (κ2) is 5.76. The van der Waals surface area contributed by atoms with E-state index in [1.54, 1.807) is 0 Å². The third-order valence-corrected chi connectivity index (χ3v) is 4.33. The molecule has 0 unspecified atom stereocenters. The molecule has 2 aromatic rings. The zero-order chi connectivity index (χ0) is 15.7. The molecule has 0 atom stereocenters. The highest BCUT2D eigenvalue weighted by Gasteiger charge is 2.23. The summed E-state index contributed by atoms with van der Waals surface area (Å²) >= 11 is 1.39. The molecule has 1 aliphatic heterocycles. The van der Waals surface area contributed by atoms with E-state index >= 15 is 0 Å². The lowest BCUT2D eigenvalue weighted by Gasteiger charge is -2.16. The van der Waals surface area contributed by atoms with Crippen LogP contribution in [0.15, 0.2) is 28.6 Å². The molecule has 0 aliphatic carbocycles. The number of hydrogen-bond donors (Lipinski definition) is 2. The van der Waals surface area contributed by atoms with Crippen molar-refractivity contribution in [2.45, 2.75) is 19.8 Å². The fraction of sp³-hybridized carbons (Fsp3) is 0.267. The van der Waals surface area contributed by atoms with Crippen LogP contribution in [0, 0.1) is 0 Å². The topological polar surface area (TPSA) is 97.6 Å². The maximum atomic E-state index is 11.9. The lowest BCUT2D eigenvalue weighted by atomic mass is 10.1. The maximum Gasteiger partial charge on any atom is 0.226 e. The first-order valence-electron chi connectivity index (χ1n) is 7.07. The molecule has 114 valence electrons. The second-order valence-electron chi connectivity index (χ2n) is 5.04. The van der Waals surface area contributed by atoms with Crippen molar-refractivity contribution in [2.24, 2.45) is 16.5 Å². The Hall–Kier alpha value is -2.41. The number of aromatic nitrogens is 1. The van der Waals surface area contributed by atoms with Crippen LogP contribution in [0.1, 0.15) is 18.9 Å². The summed E-state index contributed by atoms with van der Waals surface area (Å²) in [6.45, 7) is 2.64. The summed E-state index contributed by atoms with van der Waals surface area (Å²) in [5.74, 6) is 0.166. The number of fused-ring (bicyclic) bond motifs is 1. The zero-order valence-electron chi connectivity index (χ0n) is 12.2. The van der Waals surface area contributed by atoms with Crippen molar-refractivity contribution in [3.8, 4) is 11.3 Å². The van der Waals surface area contributed by atoms with Crippen molar-refractivity contribution in [3.63, 3.8) is 0 Å². The number of guanidine groups is 1. The summed E-state index contributed by atoms with van der Waals surface area (Å²) in [5, 5.41) is 2.46. The molecule has 7 heteroatoms. The maximum absolute atomic E-state index is 11.9. The Bertz CT molecular complexity index is 748. The number of nitrogens with zero attached hydrogens (tertiary/aromatic N) is 3. The van der Waals surface area contributed by atoms with E-state index < -0.39 is 0 Å². The van der Waals surface area contributed by atoms with Gasteiger partial charge in [-0.1, -0.05) is 13.0 Å². The number of amides is 1. The molecule has 0 radical (unpaired) electrons. The number of carbonyl (C=O) groups excluding carboxylic acids is 1. The average molecular weight is 315 g/mol. The van der Waals surface area contributed by atoms with E-state index in [4.69, 9.17) is 11.5 Å². The minimum Gasteiger partial charge on any atom is -0.370 e. The Morgan fingerprint density at radius 1 is 1.45 bits per heavy atom. The summed E-state index contributed by atoms with van der Waals surface area (Å²) in [6.07, 6.45) is 1.40. The lowest BCUT2D eigenvalue weighted by molar-refractivity contribution is -0.118.